The van der Waals surface area contributed by atoms with Crippen molar-refractivity contribution in [2.75, 3.05) is 17.8 Å². The smallest absolute Gasteiger partial charge is 0.320 e. The first-order valence-electron chi connectivity index (χ1n) is 17.7. The summed E-state index contributed by atoms with van der Waals surface area (Å²) in [5.41, 5.74) is 9.53. The maximum absolute atomic E-state index is 13.5. The molecule has 52 heavy (non-hydrogen) atoms. The molecule has 2 aliphatic rings. The molecule has 1 saturated heterocycles. The van der Waals surface area contributed by atoms with Crippen molar-refractivity contribution in [2.45, 2.75) is 90.6 Å². The molecule has 0 saturated carbocycles. The number of nitrogens with zero attached hydrogens (tertiary/aromatic N) is 7. The van der Waals surface area contributed by atoms with E-state index >= 15 is 0 Å². The van der Waals surface area contributed by atoms with Gasteiger partial charge in [0.15, 0.2) is 11.5 Å². The minimum atomic E-state index is -3.56. The van der Waals surface area contributed by atoms with Crippen LogP contribution in [0.3, 0.4) is 0 Å². The fraction of sp³-hybridized carbons (Fsp3) is 0.472. The van der Waals surface area contributed by atoms with Crippen LogP contribution in [0.5, 0.6) is 5.75 Å². The third-order valence-electron chi connectivity index (χ3n) is 9.49. The molecule has 4 N–H and O–H groups in total. The quantitative estimate of drug-likeness (QED) is 0.106. The standard InChI is InChI=1S/C36H48N10O5S/c1-23(2)29(37)21-33(39-32-17-18-44(43-32)19-20-50-52(5,48)49)40-35(47)38-30-14-15-31(28-12-7-6-11-27(28)30)51-26-13-16-34-41-42-36(45(34)22-26)46-24(3)9-8-10-25(46)4/h6-7,11-13,16-18,21-25,30-31H,8-10,14-15,19-20,37H2,1-5H3,(H2,38,39,40,43,47)/t24-,25+,30-,31+/m0/s1. The highest BCUT2D eigenvalue weighted by Gasteiger charge is 2.31. The van der Waals surface area contributed by atoms with Gasteiger partial charge in [-0.1, -0.05) is 38.1 Å². The van der Waals surface area contributed by atoms with Crippen LogP contribution in [0, 0.1) is 5.92 Å². The molecule has 4 aromatic rings. The maximum Gasteiger partial charge on any atom is 0.320 e. The fourth-order valence-electron chi connectivity index (χ4n) is 6.78. The second-order valence-electron chi connectivity index (χ2n) is 13.9. The van der Waals surface area contributed by atoms with Gasteiger partial charge in [0.05, 0.1) is 31.6 Å². The SMILES string of the molecule is CC(C)C(N)=CC(=Nc1ccn(CCOS(C)(=O)=O)n1)NC(=O)N[C@H]1CC[C@@H](Oc2ccc3nnc(N4[C@H](C)CCC[C@@H]4C)n3c2)c2ccccc21. The lowest BCUT2D eigenvalue weighted by Crippen LogP contribution is -2.44. The van der Waals surface area contributed by atoms with Gasteiger partial charge >= 0.3 is 6.03 Å². The van der Waals surface area contributed by atoms with E-state index in [-0.39, 0.29) is 37.1 Å². The number of rotatable bonds is 11. The molecule has 3 aromatic heterocycles. The molecule has 6 rings (SSSR count). The third kappa shape index (κ3) is 8.91. The lowest BCUT2D eigenvalue weighted by atomic mass is 9.85. The molecule has 4 atom stereocenters. The van der Waals surface area contributed by atoms with Crippen LogP contribution >= 0.6 is 0 Å². The number of anilines is 1. The number of pyridine rings is 1. The average Bonchev–Trinajstić information content (AvgIpc) is 3.71. The van der Waals surface area contributed by atoms with E-state index < -0.39 is 16.1 Å². The maximum atomic E-state index is 13.5. The average molecular weight is 733 g/mol. The van der Waals surface area contributed by atoms with Gasteiger partial charge in [-0.25, -0.2) is 9.79 Å². The number of aliphatic imine (C=N–C) groups is 1. The Kier molecular flexibility index (Phi) is 11.1. The van der Waals surface area contributed by atoms with Gasteiger partial charge in [-0.05, 0) is 81.2 Å². The Hall–Kier alpha value is -4.96. The summed E-state index contributed by atoms with van der Waals surface area (Å²) < 4.78 is 37.5. The van der Waals surface area contributed by atoms with E-state index in [9.17, 15) is 13.2 Å². The number of hydrogen-bond acceptors (Lipinski definition) is 11. The van der Waals surface area contributed by atoms with Gasteiger partial charge in [-0.2, -0.15) is 13.5 Å². The number of benzene rings is 1. The number of carbonyl (C=O) groups excluding carboxylic acids is 1. The Bertz CT molecular complexity index is 2050. The van der Waals surface area contributed by atoms with Gasteiger partial charge < -0.3 is 20.7 Å². The Balaban J connectivity index is 1.16. The lowest BCUT2D eigenvalue weighted by molar-refractivity contribution is 0.171. The summed E-state index contributed by atoms with van der Waals surface area (Å²) >= 11 is 0. The number of amides is 2. The lowest BCUT2D eigenvalue weighted by Gasteiger charge is -2.39. The van der Waals surface area contributed by atoms with Crippen molar-refractivity contribution in [3.63, 3.8) is 0 Å². The molecule has 1 fully saturated rings. The monoisotopic (exact) mass is 732 g/mol. The Morgan fingerprint density at radius 1 is 1.06 bits per heavy atom. The Morgan fingerprint density at radius 3 is 2.54 bits per heavy atom. The van der Waals surface area contributed by atoms with Gasteiger partial charge in [-0.3, -0.25) is 18.6 Å². The minimum absolute atomic E-state index is 0.0112. The highest BCUT2D eigenvalue weighted by molar-refractivity contribution is 7.85. The van der Waals surface area contributed by atoms with E-state index in [2.05, 4.69) is 49.7 Å². The van der Waals surface area contributed by atoms with Crippen LogP contribution in [0.15, 0.2) is 71.6 Å². The second-order valence-corrected chi connectivity index (χ2v) is 15.5. The van der Waals surface area contributed by atoms with Crippen LogP contribution in [0.2, 0.25) is 0 Å². The van der Waals surface area contributed by atoms with E-state index in [4.69, 9.17) is 14.7 Å². The first-order chi connectivity index (χ1) is 24.8. The summed E-state index contributed by atoms with van der Waals surface area (Å²) in [5, 5.41) is 19.3. The van der Waals surface area contributed by atoms with Crippen LogP contribution in [-0.2, 0) is 20.8 Å². The number of fused-ring (bicyclic) bond motifs is 2. The van der Waals surface area contributed by atoms with Crippen molar-refractivity contribution in [2.24, 2.45) is 16.6 Å². The van der Waals surface area contributed by atoms with Crippen molar-refractivity contribution in [1.29, 1.82) is 0 Å². The second kappa shape index (κ2) is 15.7. The predicted molar refractivity (Wildman–Crippen MR) is 199 cm³/mol. The van der Waals surface area contributed by atoms with Crippen molar-refractivity contribution in [3.8, 4) is 5.75 Å². The normalized spacial score (nSPS) is 21.3. The van der Waals surface area contributed by atoms with E-state index in [0.717, 1.165) is 47.6 Å². The topological polar surface area (TPSA) is 183 Å². The molecule has 1 aromatic carbocycles. The molecule has 15 nitrogen and oxygen atoms in total. The van der Waals surface area contributed by atoms with Gasteiger partial charge in [0, 0.05) is 30.0 Å². The number of ether oxygens (including phenoxy) is 1. The van der Waals surface area contributed by atoms with Gasteiger partial charge in [-0.15, -0.1) is 10.2 Å². The van der Waals surface area contributed by atoms with E-state index in [1.807, 2.05) is 60.8 Å². The molecule has 4 heterocycles. The van der Waals surface area contributed by atoms with Gasteiger partial charge in [0.1, 0.15) is 17.7 Å². The highest BCUT2D eigenvalue weighted by atomic mass is 32.2. The molecule has 278 valence electrons. The fourth-order valence-corrected chi connectivity index (χ4v) is 7.16. The van der Waals surface area contributed by atoms with Crippen molar-refractivity contribution in [3.05, 3.63) is 77.8 Å². The first-order valence-corrected chi connectivity index (χ1v) is 19.6. The molecule has 0 radical (unpaired) electrons. The van der Waals surface area contributed by atoms with Crippen molar-refractivity contribution >= 4 is 39.4 Å². The number of urea groups is 1. The molecular weight excluding hydrogens is 685 g/mol. The molecule has 0 bridgehead atoms. The molecule has 1 aliphatic heterocycles. The van der Waals surface area contributed by atoms with Gasteiger partial charge in [0.2, 0.25) is 5.95 Å². The molecule has 16 heteroatoms. The molecule has 1 aliphatic carbocycles. The summed E-state index contributed by atoms with van der Waals surface area (Å²) in [5.74, 6) is 2.08. The minimum Gasteiger partial charge on any atom is -0.484 e. The number of allylic oxidation sites excluding steroid dienone is 1. The Labute approximate surface area is 304 Å². The van der Waals surface area contributed by atoms with E-state index in [1.165, 1.54) is 11.1 Å². The van der Waals surface area contributed by atoms with Crippen LogP contribution in [-0.4, -0.2) is 69.6 Å². The molecular formula is C36H48N10O5S. The number of carbonyl (C=O) groups is 1. The number of piperidine rings is 1. The van der Waals surface area contributed by atoms with Crippen LogP contribution in [0.4, 0.5) is 16.6 Å². The van der Waals surface area contributed by atoms with Crippen molar-refractivity contribution in [1.82, 2.24) is 35.0 Å². The third-order valence-corrected chi connectivity index (χ3v) is 10.1. The molecule has 2 amide bonds. The summed E-state index contributed by atoms with van der Waals surface area (Å²) in [7, 11) is -3.56. The summed E-state index contributed by atoms with van der Waals surface area (Å²) in [6.07, 6.45) is 10.8. The number of nitrogens with one attached hydrogen (secondary N) is 2. The summed E-state index contributed by atoms with van der Waals surface area (Å²) in [4.78, 5) is 20.4. The van der Waals surface area contributed by atoms with Crippen LogP contribution in [0.1, 0.15) is 83.1 Å². The number of aromatic nitrogens is 5. The number of amidine groups is 1. The summed E-state index contributed by atoms with van der Waals surface area (Å²) in [6, 6.07) is 13.5. The zero-order valence-electron chi connectivity index (χ0n) is 30.3. The zero-order chi connectivity index (χ0) is 37.0. The number of hydrogen-bond donors (Lipinski definition) is 3. The highest BCUT2D eigenvalue weighted by Crippen LogP contribution is 2.39. The van der Waals surface area contributed by atoms with E-state index in [1.54, 1.807) is 18.3 Å². The largest absolute Gasteiger partial charge is 0.484 e. The Morgan fingerprint density at radius 2 is 1.81 bits per heavy atom. The van der Waals surface area contributed by atoms with Crippen LogP contribution in [0.25, 0.3) is 5.65 Å². The van der Waals surface area contributed by atoms with Gasteiger partial charge in [0.25, 0.3) is 10.1 Å². The zero-order valence-corrected chi connectivity index (χ0v) is 31.1. The molecule has 0 unspecified atom stereocenters. The van der Waals surface area contributed by atoms with Crippen LogP contribution < -0.4 is 26.0 Å². The predicted octanol–water partition coefficient (Wildman–Crippen LogP) is 5.15. The van der Waals surface area contributed by atoms with Crippen molar-refractivity contribution < 1.29 is 22.1 Å². The summed E-state index contributed by atoms with van der Waals surface area (Å²) in [6.45, 7) is 8.50. The van der Waals surface area contributed by atoms with E-state index in [0.29, 0.717) is 36.4 Å². The molecule has 0 spiro atoms. The first kappa shape index (κ1) is 36.8. The number of nitrogens with two attached hydrogens (primary N) is 1.